The second-order valence-electron chi connectivity index (χ2n) is 8.87. The first kappa shape index (κ1) is 25.4. The highest BCUT2D eigenvalue weighted by Crippen LogP contribution is 2.28. The van der Waals surface area contributed by atoms with Crippen molar-refractivity contribution < 1.29 is 27.4 Å². The van der Waals surface area contributed by atoms with E-state index in [-0.39, 0.29) is 35.5 Å². The summed E-state index contributed by atoms with van der Waals surface area (Å²) in [6.07, 6.45) is 1.88. The van der Waals surface area contributed by atoms with Crippen LogP contribution in [-0.2, 0) is 4.74 Å². The van der Waals surface area contributed by atoms with E-state index in [9.17, 15) is 18.0 Å². The Balaban J connectivity index is 1.40. The molecule has 4 aromatic heterocycles. The average molecular weight is 531 g/mol. The molecule has 4 aromatic rings. The highest BCUT2D eigenvalue weighted by Gasteiger charge is 2.29. The molecule has 1 saturated heterocycles. The lowest BCUT2D eigenvalue weighted by molar-refractivity contribution is -0.154. The number of alkyl halides is 3. The van der Waals surface area contributed by atoms with Gasteiger partial charge in [0.15, 0.2) is 12.3 Å². The molecular formula is C24H25F3N8O3. The Labute approximate surface area is 214 Å². The molecular weight excluding hydrogens is 505 g/mol. The smallest absolute Gasteiger partial charge is 0.422 e. The highest BCUT2D eigenvalue weighted by atomic mass is 19.4. The van der Waals surface area contributed by atoms with Gasteiger partial charge in [-0.2, -0.15) is 23.3 Å². The number of nitrogens with two attached hydrogens (primary N) is 1. The van der Waals surface area contributed by atoms with Crippen molar-refractivity contribution >= 4 is 17.5 Å². The van der Waals surface area contributed by atoms with Crippen molar-refractivity contribution in [2.24, 2.45) is 0 Å². The third kappa shape index (κ3) is 5.54. The van der Waals surface area contributed by atoms with E-state index >= 15 is 0 Å². The lowest BCUT2D eigenvalue weighted by Gasteiger charge is -2.16. The van der Waals surface area contributed by atoms with E-state index in [4.69, 9.17) is 15.2 Å². The number of hydrogen-bond donors (Lipinski definition) is 2. The van der Waals surface area contributed by atoms with Crippen LogP contribution in [0.25, 0.3) is 16.8 Å². The summed E-state index contributed by atoms with van der Waals surface area (Å²) in [6.45, 7) is 1.59. The molecule has 1 amide bonds. The Morgan fingerprint density at radius 3 is 2.82 bits per heavy atom. The zero-order valence-electron chi connectivity index (χ0n) is 20.4. The summed E-state index contributed by atoms with van der Waals surface area (Å²) >= 11 is 0. The van der Waals surface area contributed by atoms with Crippen molar-refractivity contribution in [3.8, 4) is 17.0 Å². The van der Waals surface area contributed by atoms with Crippen LogP contribution < -0.4 is 15.8 Å². The molecule has 0 radical (unpaired) electrons. The van der Waals surface area contributed by atoms with E-state index in [2.05, 4.69) is 25.5 Å². The van der Waals surface area contributed by atoms with Crippen molar-refractivity contribution in [2.75, 3.05) is 25.6 Å². The maximum Gasteiger partial charge on any atom is 0.422 e. The second-order valence-corrected chi connectivity index (χ2v) is 8.87. The van der Waals surface area contributed by atoms with E-state index in [0.717, 1.165) is 17.5 Å². The number of rotatable bonds is 8. The monoisotopic (exact) mass is 530 g/mol. The molecule has 0 bridgehead atoms. The summed E-state index contributed by atoms with van der Waals surface area (Å²) < 4.78 is 50.4. The summed E-state index contributed by atoms with van der Waals surface area (Å²) in [4.78, 5) is 21.3. The molecule has 11 nitrogen and oxygen atoms in total. The number of fused-ring (bicyclic) bond motifs is 1. The zero-order chi connectivity index (χ0) is 26.9. The summed E-state index contributed by atoms with van der Waals surface area (Å²) in [6, 6.07) is 6.20. The summed E-state index contributed by atoms with van der Waals surface area (Å²) in [5.41, 5.74) is 8.65. The number of nitrogen functional groups attached to an aromatic ring is 1. The van der Waals surface area contributed by atoms with Gasteiger partial charge in [-0.25, -0.2) is 9.50 Å². The number of hydrogen-bond acceptors (Lipinski definition) is 8. The van der Waals surface area contributed by atoms with Crippen molar-refractivity contribution in [3.05, 3.63) is 54.1 Å². The average Bonchev–Trinajstić information content (AvgIpc) is 3.64. The Bertz CT molecular complexity index is 1430. The van der Waals surface area contributed by atoms with Gasteiger partial charge in [0, 0.05) is 30.6 Å². The first-order valence-electron chi connectivity index (χ1n) is 11.9. The fourth-order valence-corrected chi connectivity index (χ4v) is 4.30. The maximum atomic E-state index is 13.1. The topological polar surface area (TPSA) is 134 Å². The molecule has 5 rings (SSSR count). The molecule has 2 unspecified atom stereocenters. The molecule has 1 aliphatic rings. The molecule has 3 N–H and O–H groups in total. The van der Waals surface area contributed by atoms with Gasteiger partial charge >= 0.3 is 6.18 Å². The van der Waals surface area contributed by atoms with Crippen molar-refractivity contribution in [3.63, 3.8) is 0 Å². The molecule has 0 spiro atoms. The van der Waals surface area contributed by atoms with Crippen LogP contribution in [0.4, 0.5) is 19.1 Å². The standard InChI is InChI=1S/C24H25F3N8O3/c1-2-18(14-3-4-21(29-9-14)38-13-24(25,26)27)34-11-16(10-30-34)15-7-19(22(36)31-17-5-6-37-12-17)35-20(8-15)32-23(28)33-35/h3-4,7-11,17-18H,2,5-6,12-13H2,1H3,(H2,28,33)(H,31,36). The number of ether oxygens (including phenoxy) is 2. The molecule has 0 aliphatic carbocycles. The molecule has 0 saturated carbocycles. The van der Waals surface area contributed by atoms with E-state index in [0.29, 0.717) is 30.8 Å². The third-order valence-corrected chi connectivity index (χ3v) is 6.12. The van der Waals surface area contributed by atoms with Crippen LogP contribution in [0.3, 0.4) is 0 Å². The number of pyridine rings is 2. The fraction of sp³-hybridized carbons (Fsp3) is 0.375. The van der Waals surface area contributed by atoms with Gasteiger partial charge < -0.3 is 20.5 Å². The second kappa shape index (κ2) is 10.3. The van der Waals surface area contributed by atoms with Gasteiger partial charge in [0.2, 0.25) is 11.8 Å². The zero-order valence-corrected chi connectivity index (χ0v) is 20.4. The van der Waals surface area contributed by atoms with Crippen molar-refractivity contribution in [1.82, 2.24) is 34.7 Å². The fourth-order valence-electron chi connectivity index (χ4n) is 4.30. The van der Waals surface area contributed by atoms with Gasteiger partial charge in [0.05, 0.1) is 24.9 Å². The molecule has 200 valence electrons. The normalized spacial score (nSPS) is 16.6. The molecule has 38 heavy (non-hydrogen) atoms. The number of carbonyl (C=O) groups excluding carboxylic acids is 1. The number of carbonyl (C=O) groups is 1. The molecule has 1 fully saturated rings. The summed E-state index contributed by atoms with van der Waals surface area (Å²) in [5.74, 6) is -0.398. The van der Waals surface area contributed by atoms with Crippen LogP contribution in [-0.4, -0.2) is 67.3 Å². The van der Waals surface area contributed by atoms with Crippen LogP contribution in [0, 0.1) is 0 Å². The summed E-state index contributed by atoms with van der Waals surface area (Å²) in [7, 11) is 0. The van der Waals surface area contributed by atoms with E-state index in [1.807, 2.05) is 13.1 Å². The van der Waals surface area contributed by atoms with Crippen LogP contribution >= 0.6 is 0 Å². The van der Waals surface area contributed by atoms with Crippen LogP contribution in [0.2, 0.25) is 0 Å². The first-order valence-corrected chi connectivity index (χ1v) is 11.9. The Kier molecular flexibility index (Phi) is 6.89. The number of nitrogens with one attached hydrogen (secondary N) is 1. The maximum absolute atomic E-state index is 13.1. The Morgan fingerprint density at radius 1 is 1.29 bits per heavy atom. The van der Waals surface area contributed by atoms with Crippen LogP contribution in [0.5, 0.6) is 5.88 Å². The van der Waals surface area contributed by atoms with Gasteiger partial charge in [-0.1, -0.05) is 6.92 Å². The first-order chi connectivity index (χ1) is 18.2. The Hall–Kier alpha value is -4.20. The Morgan fingerprint density at radius 2 is 2.13 bits per heavy atom. The minimum absolute atomic E-state index is 0.0392. The van der Waals surface area contributed by atoms with Crippen molar-refractivity contribution in [2.45, 2.75) is 38.0 Å². The van der Waals surface area contributed by atoms with E-state index in [1.165, 1.54) is 16.8 Å². The number of anilines is 1. The lowest BCUT2D eigenvalue weighted by Crippen LogP contribution is -2.36. The van der Waals surface area contributed by atoms with Gasteiger partial charge in [-0.05, 0) is 42.2 Å². The van der Waals surface area contributed by atoms with E-state index < -0.39 is 12.8 Å². The third-order valence-electron chi connectivity index (χ3n) is 6.12. The minimum Gasteiger partial charge on any atom is -0.468 e. The van der Waals surface area contributed by atoms with E-state index in [1.54, 1.807) is 29.1 Å². The van der Waals surface area contributed by atoms with Crippen LogP contribution in [0.15, 0.2) is 42.9 Å². The predicted molar refractivity (Wildman–Crippen MR) is 130 cm³/mol. The molecule has 1 aliphatic heterocycles. The minimum atomic E-state index is -4.44. The van der Waals surface area contributed by atoms with Gasteiger partial charge in [-0.3, -0.25) is 9.48 Å². The van der Waals surface area contributed by atoms with Gasteiger partial charge in [0.1, 0.15) is 5.69 Å². The molecule has 2 atom stereocenters. The van der Waals surface area contributed by atoms with Gasteiger partial charge in [-0.15, -0.1) is 5.10 Å². The van der Waals surface area contributed by atoms with Crippen LogP contribution in [0.1, 0.15) is 41.9 Å². The van der Waals surface area contributed by atoms with Crippen molar-refractivity contribution in [1.29, 1.82) is 0 Å². The number of aromatic nitrogens is 6. The van der Waals surface area contributed by atoms with Gasteiger partial charge in [0.25, 0.3) is 5.91 Å². The predicted octanol–water partition coefficient (Wildman–Crippen LogP) is 3.03. The highest BCUT2D eigenvalue weighted by molar-refractivity contribution is 5.95. The number of halogens is 3. The summed E-state index contributed by atoms with van der Waals surface area (Å²) in [5, 5.41) is 11.6. The lowest BCUT2D eigenvalue weighted by atomic mass is 10.1. The molecule has 0 aromatic carbocycles. The number of nitrogens with zero attached hydrogens (tertiary/aromatic N) is 6. The molecule has 5 heterocycles. The SMILES string of the molecule is CCC(c1ccc(OCC(F)(F)F)nc1)n1cc(-c2cc(C(=O)NC3CCOC3)n3nc(N)nc3c2)cn1. The number of amides is 1. The quantitative estimate of drug-likeness (QED) is 0.355. The largest absolute Gasteiger partial charge is 0.468 e. The molecule has 14 heteroatoms.